The summed E-state index contributed by atoms with van der Waals surface area (Å²) in [4.78, 5) is 25.2. The van der Waals surface area contributed by atoms with Crippen molar-refractivity contribution < 1.29 is 9.59 Å². The number of amides is 2. The fraction of sp³-hybridized carbons (Fsp3) is 0.467. The molecule has 5 nitrogen and oxygen atoms in total. The van der Waals surface area contributed by atoms with Crippen molar-refractivity contribution in [2.75, 3.05) is 13.1 Å². The van der Waals surface area contributed by atoms with E-state index in [2.05, 4.69) is 5.43 Å². The minimum absolute atomic E-state index is 0.131. The number of benzene rings is 1. The van der Waals surface area contributed by atoms with Crippen LogP contribution in [-0.2, 0) is 11.2 Å². The number of nitrogens with two attached hydrogens (primary N) is 1. The van der Waals surface area contributed by atoms with E-state index in [1.165, 1.54) is 0 Å². The van der Waals surface area contributed by atoms with Gasteiger partial charge in [0, 0.05) is 25.1 Å². The normalized spacial score (nSPS) is 14.1. The molecule has 0 unspecified atom stereocenters. The Hall–Kier alpha value is -1.88. The van der Waals surface area contributed by atoms with E-state index in [9.17, 15) is 9.59 Å². The summed E-state index contributed by atoms with van der Waals surface area (Å²) in [5.41, 5.74) is 4.10. The molecule has 1 aliphatic rings. The van der Waals surface area contributed by atoms with E-state index in [-0.39, 0.29) is 11.8 Å². The fourth-order valence-corrected chi connectivity index (χ4v) is 2.52. The lowest BCUT2D eigenvalue weighted by Crippen LogP contribution is -2.38. The number of hydrogen-bond acceptors (Lipinski definition) is 3. The van der Waals surface area contributed by atoms with E-state index >= 15 is 0 Å². The van der Waals surface area contributed by atoms with Crippen LogP contribution in [0, 0.1) is 0 Å². The predicted octanol–water partition coefficient (Wildman–Crippen LogP) is 1.24. The second-order valence-corrected chi connectivity index (χ2v) is 5.08. The minimum atomic E-state index is -0.132. The van der Waals surface area contributed by atoms with Crippen LogP contribution in [0.4, 0.5) is 0 Å². The van der Waals surface area contributed by atoms with Crippen LogP contribution in [0.2, 0.25) is 0 Å². The molecule has 2 rings (SSSR count). The van der Waals surface area contributed by atoms with Gasteiger partial charge in [-0.15, -0.1) is 0 Å². The maximum Gasteiger partial charge on any atom is 0.254 e. The van der Waals surface area contributed by atoms with Crippen molar-refractivity contribution in [1.82, 2.24) is 10.3 Å². The van der Waals surface area contributed by atoms with Gasteiger partial charge in [-0.25, -0.2) is 5.84 Å². The summed E-state index contributed by atoms with van der Waals surface area (Å²) in [7, 11) is 0. The van der Waals surface area contributed by atoms with Gasteiger partial charge in [0.15, 0.2) is 0 Å². The van der Waals surface area contributed by atoms with Crippen molar-refractivity contribution in [3.63, 3.8) is 0 Å². The quantitative estimate of drug-likeness (QED) is 0.355. The number of nitrogens with zero attached hydrogens (tertiary/aromatic N) is 1. The number of nitrogens with one attached hydrogen (secondary N) is 1. The summed E-state index contributed by atoms with van der Waals surface area (Å²) in [6.07, 6.45) is 4.04. The van der Waals surface area contributed by atoms with E-state index in [1.54, 1.807) is 0 Å². The van der Waals surface area contributed by atoms with Crippen molar-refractivity contribution in [2.24, 2.45) is 5.84 Å². The van der Waals surface area contributed by atoms with Crippen LogP contribution in [0.5, 0.6) is 0 Å². The summed E-state index contributed by atoms with van der Waals surface area (Å²) in [6, 6.07) is 7.81. The third-order valence-corrected chi connectivity index (χ3v) is 3.68. The highest BCUT2D eigenvalue weighted by molar-refractivity contribution is 5.96. The van der Waals surface area contributed by atoms with Crippen molar-refractivity contribution in [1.29, 1.82) is 0 Å². The van der Waals surface area contributed by atoms with Crippen molar-refractivity contribution in [2.45, 2.75) is 32.1 Å². The number of hydrazine groups is 1. The molecule has 108 valence electrons. The first-order chi connectivity index (χ1) is 9.72. The summed E-state index contributed by atoms with van der Waals surface area (Å²) < 4.78 is 0. The topological polar surface area (TPSA) is 75.4 Å². The average Bonchev–Trinajstić information content (AvgIpc) is 2.49. The molecule has 0 saturated carbocycles. The zero-order chi connectivity index (χ0) is 14.4. The van der Waals surface area contributed by atoms with E-state index in [0.29, 0.717) is 6.42 Å². The van der Waals surface area contributed by atoms with Crippen LogP contribution in [0.15, 0.2) is 24.3 Å². The molecule has 0 atom stereocenters. The molecule has 0 radical (unpaired) electrons. The van der Waals surface area contributed by atoms with Gasteiger partial charge in [-0.2, -0.15) is 0 Å². The highest BCUT2D eigenvalue weighted by Gasteiger charge is 2.22. The lowest BCUT2D eigenvalue weighted by Gasteiger charge is -2.28. The molecule has 0 fully saturated rings. The molecule has 2 amide bonds. The lowest BCUT2D eigenvalue weighted by atomic mass is 9.99. The number of rotatable bonds is 6. The van der Waals surface area contributed by atoms with E-state index in [1.807, 2.05) is 29.2 Å². The first kappa shape index (κ1) is 14.5. The Morgan fingerprint density at radius 2 is 2.05 bits per heavy atom. The van der Waals surface area contributed by atoms with Crippen molar-refractivity contribution in [3.05, 3.63) is 35.4 Å². The number of fused-ring (bicyclic) bond motifs is 1. The second kappa shape index (κ2) is 7.05. The molecule has 3 N–H and O–H groups in total. The summed E-state index contributed by atoms with van der Waals surface area (Å²) in [5, 5.41) is 0. The van der Waals surface area contributed by atoms with E-state index in [4.69, 9.17) is 5.84 Å². The maximum absolute atomic E-state index is 12.3. The smallest absolute Gasteiger partial charge is 0.254 e. The predicted molar refractivity (Wildman–Crippen MR) is 76.8 cm³/mol. The standard InChI is InChI=1S/C15H21N3O2/c16-17-14(19)8-2-1-5-10-18-11-9-12-6-3-4-7-13(12)15(18)20/h3-4,6-7H,1-2,5,8-11,16H2,(H,17,19). The molecule has 1 aromatic rings. The van der Waals surface area contributed by atoms with Gasteiger partial charge in [-0.3, -0.25) is 15.0 Å². The Labute approximate surface area is 119 Å². The molecule has 0 spiro atoms. The molecule has 0 aromatic heterocycles. The zero-order valence-electron chi connectivity index (χ0n) is 11.6. The second-order valence-electron chi connectivity index (χ2n) is 5.08. The van der Waals surface area contributed by atoms with Crippen LogP contribution in [0.1, 0.15) is 41.6 Å². The highest BCUT2D eigenvalue weighted by atomic mass is 16.2. The molecule has 1 aliphatic heterocycles. The molecule has 0 saturated heterocycles. The average molecular weight is 275 g/mol. The largest absolute Gasteiger partial charge is 0.338 e. The highest BCUT2D eigenvalue weighted by Crippen LogP contribution is 2.19. The minimum Gasteiger partial charge on any atom is -0.338 e. The van der Waals surface area contributed by atoms with Crippen LogP contribution in [0.3, 0.4) is 0 Å². The Bertz CT molecular complexity index is 488. The van der Waals surface area contributed by atoms with Gasteiger partial charge in [0.1, 0.15) is 0 Å². The number of hydrogen-bond donors (Lipinski definition) is 2. The SMILES string of the molecule is NNC(=O)CCCCCN1CCc2ccccc2C1=O. The van der Waals surface area contributed by atoms with E-state index in [0.717, 1.165) is 49.9 Å². The van der Waals surface area contributed by atoms with Gasteiger partial charge >= 0.3 is 0 Å². The number of unbranched alkanes of at least 4 members (excludes halogenated alkanes) is 2. The Kier molecular flexibility index (Phi) is 5.12. The van der Waals surface area contributed by atoms with Gasteiger partial charge in [0.2, 0.25) is 5.91 Å². The van der Waals surface area contributed by atoms with Gasteiger partial charge in [-0.05, 0) is 30.9 Å². The van der Waals surface area contributed by atoms with E-state index < -0.39 is 0 Å². The molecule has 1 heterocycles. The first-order valence-electron chi connectivity index (χ1n) is 7.09. The monoisotopic (exact) mass is 275 g/mol. The summed E-state index contributed by atoms with van der Waals surface area (Å²) >= 11 is 0. The number of carbonyl (C=O) groups is 2. The first-order valence-corrected chi connectivity index (χ1v) is 7.09. The molecular formula is C15H21N3O2. The lowest BCUT2D eigenvalue weighted by molar-refractivity contribution is -0.121. The van der Waals surface area contributed by atoms with Crippen molar-refractivity contribution in [3.8, 4) is 0 Å². The van der Waals surface area contributed by atoms with Gasteiger partial charge in [-0.1, -0.05) is 24.6 Å². The van der Waals surface area contributed by atoms with Crippen molar-refractivity contribution >= 4 is 11.8 Å². The Morgan fingerprint density at radius 1 is 1.25 bits per heavy atom. The molecule has 0 aliphatic carbocycles. The maximum atomic E-state index is 12.3. The van der Waals surface area contributed by atoms with Crippen LogP contribution in [-0.4, -0.2) is 29.8 Å². The zero-order valence-corrected chi connectivity index (χ0v) is 11.6. The van der Waals surface area contributed by atoms with Crippen LogP contribution >= 0.6 is 0 Å². The summed E-state index contributed by atoms with van der Waals surface area (Å²) in [6.45, 7) is 1.55. The number of carbonyl (C=O) groups excluding carboxylic acids is 2. The van der Waals surface area contributed by atoms with Crippen LogP contribution < -0.4 is 11.3 Å². The molecule has 1 aromatic carbocycles. The third kappa shape index (κ3) is 3.57. The van der Waals surface area contributed by atoms with Gasteiger partial charge in [0.05, 0.1) is 0 Å². The summed E-state index contributed by atoms with van der Waals surface area (Å²) in [5.74, 6) is 5.01. The van der Waals surface area contributed by atoms with Gasteiger partial charge in [0.25, 0.3) is 5.91 Å². The Morgan fingerprint density at radius 3 is 2.85 bits per heavy atom. The third-order valence-electron chi connectivity index (χ3n) is 3.68. The molecule has 5 heteroatoms. The van der Waals surface area contributed by atoms with Gasteiger partial charge < -0.3 is 4.90 Å². The molecule has 20 heavy (non-hydrogen) atoms. The fourth-order valence-electron chi connectivity index (χ4n) is 2.52. The molecular weight excluding hydrogens is 254 g/mol. The molecule has 0 bridgehead atoms. The Balaban J connectivity index is 1.75. The van der Waals surface area contributed by atoms with Crippen LogP contribution in [0.25, 0.3) is 0 Å².